The van der Waals surface area contributed by atoms with Gasteiger partial charge in [0, 0.05) is 12.7 Å². The maximum atomic E-state index is 12.4. The fraction of sp³-hybridized carbons (Fsp3) is 0.0556. The fourth-order valence-corrected chi connectivity index (χ4v) is 2.30. The summed E-state index contributed by atoms with van der Waals surface area (Å²) in [5, 5.41) is 6.97. The zero-order chi connectivity index (χ0) is 16.9. The lowest BCUT2D eigenvalue weighted by molar-refractivity contribution is 0.0929. The van der Waals surface area contributed by atoms with Crippen molar-refractivity contribution in [2.75, 3.05) is 0 Å². The summed E-state index contributed by atoms with van der Waals surface area (Å²) in [7, 11) is 0. The molecule has 2 aromatic carbocycles. The van der Waals surface area contributed by atoms with Gasteiger partial charge in [-0.25, -0.2) is 4.68 Å². The summed E-state index contributed by atoms with van der Waals surface area (Å²) in [5.41, 5.74) is 7.17. The highest BCUT2D eigenvalue weighted by atomic mass is 16.2. The molecule has 0 radical (unpaired) electrons. The van der Waals surface area contributed by atoms with Crippen LogP contribution in [0.4, 0.5) is 0 Å². The number of benzene rings is 2. The van der Waals surface area contributed by atoms with Crippen molar-refractivity contribution < 1.29 is 9.59 Å². The Bertz CT molecular complexity index is 857. The van der Waals surface area contributed by atoms with Gasteiger partial charge in [-0.3, -0.25) is 9.59 Å². The van der Waals surface area contributed by atoms with Crippen LogP contribution < -0.4 is 11.1 Å². The second-order valence-electron chi connectivity index (χ2n) is 5.20. The molecule has 0 aliphatic carbocycles. The van der Waals surface area contributed by atoms with Crippen molar-refractivity contribution in [3.63, 3.8) is 0 Å². The Balaban J connectivity index is 1.85. The van der Waals surface area contributed by atoms with Gasteiger partial charge in [-0.15, -0.1) is 0 Å². The van der Waals surface area contributed by atoms with E-state index >= 15 is 0 Å². The first-order chi connectivity index (χ1) is 11.6. The molecule has 1 aromatic heterocycles. The van der Waals surface area contributed by atoms with Crippen molar-refractivity contribution in [2.45, 2.75) is 6.54 Å². The first kappa shape index (κ1) is 15.5. The summed E-state index contributed by atoms with van der Waals surface area (Å²) in [6.07, 6.45) is 1.47. The van der Waals surface area contributed by atoms with E-state index in [1.54, 1.807) is 0 Å². The molecule has 0 spiro atoms. The van der Waals surface area contributed by atoms with Crippen LogP contribution in [0, 0.1) is 0 Å². The second kappa shape index (κ2) is 6.78. The quantitative estimate of drug-likeness (QED) is 0.752. The van der Waals surface area contributed by atoms with Gasteiger partial charge in [-0.05, 0) is 17.7 Å². The average molecular weight is 320 g/mol. The molecule has 1 heterocycles. The number of aromatic nitrogens is 2. The lowest BCUT2D eigenvalue weighted by Gasteiger charge is -2.04. The van der Waals surface area contributed by atoms with Gasteiger partial charge in [-0.2, -0.15) is 5.10 Å². The van der Waals surface area contributed by atoms with Crippen LogP contribution in [0.2, 0.25) is 0 Å². The SMILES string of the molecule is NC(=O)c1cn(-c2ccccc2)nc1C(=O)NCc1ccccc1. The molecule has 0 unspecified atom stereocenters. The molecule has 0 atom stereocenters. The highest BCUT2D eigenvalue weighted by Gasteiger charge is 2.20. The summed E-state index contributed by atoms with van der Waals surface area (Å²) < 4.78 is 1.47. The normalized spacial score (nSPS) is 10.3. The maximum absolute atomic E-state index is 12.4. The van der Waals surface area contributed by atoms with Crippen LogP contribution in [0.15, 0.2) is 66.9 Å². The van der Waals surface area contributed by atoms with E-state index in [9.17, 15) is 9.59 Å². The third-order valence-corrected chi connectivity index (χ3v) is 3.51. The van der Waals surface area contributed by atoms with Crippen molar-refractivity contribution in [1.82, 2.24) is 15.1 Å². The molecule has 0 saturated heterocycles. The third-order valence-electron chi connectivity index (χ3n) is 3.51. The highest BCUT2D eigenvalue weighted by Crippen LogP contribution is 2.12. The molecule has 6 nitrogen and oxygen atoms in total. The lowest BCUT2D eigenvalue weighted by Crippen LogP contribution is -2.26. The molecule has 0 aliphatic heterocycles. The Labute approximate surface area is 138 Å². The fourth-order valence-electron chi connectivity index (χ4n) is 2.30. The maximum Gasteiger partial charge on any atom is 0.272 e. The number of hydrogen-bond acceptors (Lipinski definition) is 3. The molecule has 3 aromatic rings. The molecule has 0 saturated carbocycles. The molecule has 0 bridgehead atoms. The minimum Gasteiger partial charge on any atom is -0.365 e. The largest absolute Gasteiger partial charge is 0.365 e. The van der Waals surface area contributed by atoms with Crippen LogP contribution in [0.3, 0.4) is 0 Å². The molecule has 120 valence electrons. The number of nitrogens with one attached hydrogen (secondary N) is 1. The van der Waals surface area contributed by atoms with Crippen molar-refractivity contribution >= 4 is 11.8 Å². The van der Waals surface area contributed by atoms with E-state index in [4.69, 9.17) is 5.73 Å². The van der Waals surface area contributed by atoms with Gasteiger partial charge in [0.05, 0.1) is 11.3 Å². The topological polar surface area (TPSA) is 90.0 Å². The predicted molar refractivity (Wildman–Crippen MR) is 89.7 cm³/mol. The molecule has 6 heteroatoms. The van der Waals surface area contributed by atoms with Gasteiger partial charge in [0.15, 0.2) is 5.69 Å². The molecule has 3 rings (SSSR count). The van der Waals surface area contributed by atoms with Crippen LogP contribution in [-0.4, -0.2) is 21.6 Å². The molecule has 24 heavy (non-hydrogen) atoms. The minimum atomic E-state index is -0.693. The van der Waals surface area contributed by atoms with E-state index in [-0.39, 0.29) is 11.3 Å². The number of amides is 2. The first-order valence-corrected chi connectivity index (χ1v) is 7.42. The molecule has 3 N–H and O–H groups in total. The number of rotatable bonds is 5. The van der Waals surface area contributed by atoms with Gasteiger partial charge in [0.25, 0.3) is 11.8 Å². The Morgan fingerprint density at radius 3 is 2.25 bits per heavy atom. The number of para-hydroxylation sites is 1. The Morgan fingerprint density at radius 1 is 1.00 bits per heavy atom. The summed E-state index contributed by atoms with van der Waals surface area (Å²) >= 11 is 0. The Kier molecular flexibility index (Phi) is 4.38. The van der Waals surface area contributed by atoms with Crippen LogP contribution in [0.5, 0.6) is 0 Å². The predicted octanol–water partition coefficient (Wildman–Crippen LogP) is 1.90. The van der Waals surface area contributed by atoms with Gasteiger partial charge >= 0.3 is 0 Å². The smallest absolute Gasteiger partial charge is 0.272 e. The Hall–Kier alpha value is -3.41. The summed E-state index contributed by atoms with van der Waals surface area (Å²) in [6.45, 7) is 0.343. The summed E-state index contributed by atoms with van der Waals surface area (Å²) in [4.78, 5) is 24.0. The van der Waals surface area contributed by atoms with Gasteiger partial charge < -0.3 is 11.1 Å². The molecule has 2 amide bonds. The van der Waals surface area contributed by atoms with Crippen molar-refractivity contribution in [3.8, 4) is 5.69 Å². The van der Waals surface area contributed by atoms with E-state index < -0.39 is 11.8 Å². The van der Waals surface area contributed by atoms with Crippen LogP contribution in [0.1, 0.15) is 26.4 Å². The minimum absolute atomic E-state index is 0.0160. The van der Waals surface area contributed by atoms with Crippen molar-refractivity contribution in [1.29, 1.82) is 0 Å². The Morgan fingerprint density at radius 2 is 1.62 bits per heavy atom. The van der Waals surface area contributed by atoms with Crippen LogP contribution >= 0.6 is 0 Å². The number of hydrogen-bond donors (Lipinski definition) is 2. The number of nitrogens with two attached hydrogens (primary N) is 1. The van der Waals surface area contributed by atoms with Gasteiger partial charge in [-0.1, -0.05) is 48.5 Å². The highest BCUT2D eigenvalue weighted by molar-refractivity contribution is 6.05. The van der Waals surface area contributed by atoms with Crippen molar-refractivity contribution in [2.24, 2.45) is 5.73 Å². The number of nitrogens with zero attached hydrogens (tertiary/aromatic N) is 2. The molecule has 0 aliphatic rings. The number of carbonyl (C=O) groups is 2. The lowest BCUT2D eigenvalue weighted by atomic mass is 10.2. The van der Waals surface area contributed by atoms with E-state index in [0.29, 0.717) is 6.54 Å². The van der Waals surface area contributed by atoms with E-state index in [0.717, 1.165) is 11.3 Å². The number of primary amides is 1. The third kappa shape index (κ3) is 3.33. The molecular weight excluding hydrogens is 304 g/mol. The van der Waals surface area contributed by atoms with E-state index in [2.05, 4.69) is 10.4 Å². The summed E-state index contributed by atoms with van der Waals surface area (Å²) in [6, 6.07) is 18.7. The van der Waals surface area contributed by atoms with Gasteiger partial charge in [0.2, 0.25) is 0 Å². The van der Waals surface area contributed by atoms with E-state index in [1.165, 1.54) is 10.9 Å². The first-order valence-electron chi connectivity index (χ1n) is 7.42. The van der Waals surface area contributed by atoms with E-state index in [1.807, 2.05) is 60.7 Å². The monoisotopic (exact) mass is 320 g/mol. The summed E-state index contributed by atoms with van der Waals surface area (Å²) in [5.74, 6) is -1.13. The van der Waals surface area contributed by atoms with Gasteiger partial charge in [0.1, 0.15) is 0 Å². The standard InChI is InChI=1S/C18H16N4O2/c19-17(23)15-12-22(14-9-5-2-6-10-14)21-16(15)18(24)20-11-13-7-3-1-4-8-13/h1-10,12H,11H2,(H2,19,23)(H,20,24). The molecular formula is C18H16N4O2. The average Bonchev–Trinajstić information content (AvgIpc) is 3.07. The van der Waals surface area contributed by atoms with Crippen LogP contribution in [-0.2, 0) is 6.54 Å². The van der Waals surface area contributed by atoms with Crippen molar-refractivity contribution in [3.05, 3.63) is 83.7 Å². The zero-order valence-electron chi connectivity index (χ0n) is 12.8. The molecule has 0 fully saturated rings. The second-order valence-corrected chi connectivity index (χ2v) is 5.20. The number of carbonyl (C=O) groups excluding carboxylic acids is 2. The van der Waals surface area contributed by atoms with Crippen LogP contribution in [0.25, 0.3) is 5.69 Å². The zero-order valence-corrected chi connectivity index (χ0v) is 12.8.